The summed E-state index contributed by atoms with van der Waals surface area (Å²) in [4.78, 5) is 16.4. The van der Waals surface area contributed by atoms with E-state index in [1.807, 2.05) is 39.0 Å². The molecule has 0 bridgehead atoms. The number of rotatable bonds is 3. The Morgan fingerprint density at radius 1 is 1.20 bits per heavy atom. The third-order valence-corrected chi connectivity index (χ3v) is 3.22. The van der Waals surface area contributed by atoms with Gasteiger partial charge in [0.15, 0.2) is 0 Å². The van der Waals surface area contributed by atoms with E-state index in [-0.39, 0.29) is 5.91 Å². The summed E-state index contributed by atoms with van der Waals surface area (Å²) >= 11 is 0. The minimum Gasteiger partial charge on any atom is -0.322 e. The molecule has 1 heterocycles. The van der Waals surface area contributed by atoms with Gasteiger partial charge in [0.25, 0.3) is 5.91 Å². The normalized spacial score (nSPS) is 10.2. The molecule has 4 N–H and O–H groups in total. The van der Waals surface area contributed by atoms with Crippen molar-refractivity contribution in [2.45, 2.75) is 20.8 Å². The number of carbonyl (C=O) groups excluding carboxylic acids is 1. The molecule has 0 atom stereocenters. The molecule has 0 spiro atoms. The average molecular weight is 270 g/mol. The molecule has 0 saturated heterocycles. The Balaban J connectivity index is 2.28. The number of nitrogens with one attached hydrogen (secondary N) is 2. The molecule has 0 saturated carbocycles. The number of carbonyl (C=O) groups is 1. The maximum atomic E-state index is 12.3. The molecule has 104 valence electrons. The third kappa shape index (κ3) is 2.95. The minimum atomic E-state index is -0.180. The lowest BCUT2D eigenvalue weighted by Crippen LogP contribution is -2.15. The van der Waals surface area contributed by atoms with Crippen LogP contribution in [0.25, 0.3) is 0 Å². The van der Waals surface area contributed by atoms with E-state index in [4.69, 9.17) is 5.84 Å². The number of hydrazine groups is 1. The summed E-state index contributed by atoms with van der Waals surface area (Å²) < 4.78 is 0. The lowest BCUT2D eigenvalue weighted by Gasteiger charge is -2.11. The van der Waals surface area contributed by atoms with Gasteiger partial charge in [-0.3, -0.25) is 4.79 Å². The number of hydrogen-bond donors (Lipinski definition) is 3. The first-order valence-electron chi connectivity index (χ1n) is 6.34. The molecule has 1 aromatic heterocycles. The Labute approximate surface area is 118 Å². The number of amides is 1. The van der Waals surface area contributed by atoms with Gasteiger partial charge in [-0.05, 0) is 50.1 Å². The number of anilines is 2. The summed E-state index contributed by atoms with van der Waals surface area (Å²) in [5.41, 5.74) is 6.71. The predicted octanol–water partition coefficient (Wildman–Crippen LogP) is 2.54. The zero-order valence-electron chi connectivity index (χ0n) is 11.8. The van der Waals surface area contributed by atoms with Gasteiger partial charge in [0.1, 0.15) is 5.82 Å². The van der Waals surface area contributed by atoms with Crippen molar-refractivity contribution in [1.29, 1.82) is 0 Å². The van der Waals surface area contributed by atoms with E-state index < -0.39 is 0 Å². The van der Waals surface area contributed by atoms with Crippen LogP contribution in [-0.4, -0.2) is 10.9 Å². The molecule has 5 heteroatoms. The van der Waals surface area contributed by atoms with E-state index in [1.165, 1.54) is 0 Å². The van der Waals surface area contributed by atoms with Crippen molar-refractivity contribution in [2.24, 2.45) is 5.84 Å². The highest BCUT2D eigenvalue weighted by Crippen LogP contribution is 2.19. The number of aromatic nitrogens is 1. The van der Waals surface area contributed by atoms with Crippen molar-refractivity contribution in [3.05, 3.63) is 52.7 Å². The molecule has 2 rings (SSSR count). The molecule has 0 aliphatic carbocycles. The summed E-state index contributed by atoms with van der Waals surface area (Å²) in [6, 6.07) is 9.16. The quantitative estimate of drug-likeness (QED) is 0.591. The van der Waals surface area contributed by atoms with Crippen LogP contribution >= 0.6 is 0 Å². The monoisotopic (exact) mass is 270 g/mol. The van der Waals surface area contributed by atoms with Crippen LogP contribution in [0.15, 0.2) is 30.3 Å². The Morgan fingerprint density at radius 2 is 1.95 bits per heavy atom. The van der Waals surface area contributed by atoms with Crippen molar-refractivity contribution >= 4 is 17.4 Å². The van der Waals surface area contributed by atoms with Gasteiger partial charge in [0, 0.05) is 16.9 Å². The maximum Gasteiger partial charge on any atom is 0.255 e. The maximum absolute atomic E-state index is 12.3. The van der Waals surface area contributed by atoms with Gasteiger partial charge in [-0.1, -0.05) is 12.1 Å². The molecular formula is C15H18N4O. The van der Waals surface area contributed by atoms with E-state index in [2.05, 4.69) is 15.7 Å². The molecule has 20 heavy (non-hydrogen) atoms. The van der Waals surface area contributed by atoms with Crippen molar-refractivity contribution in [3.63, 3.8) is 0 Å². The van der Waals surface area contributed by atoms with Crippen molar-refractivity contribution in [1.82, 2.24) is 4.98 Å². The Kier molecular flexibility index (Phi) is 4.00. The number of aryl methyl sites for hydroxylation is 2. The van der Waals surface area contributed by atoms with Crippen molar-refractivity contribution in [2.75, 3.05) is 10.7 Å². The largest absolute Gasteiger partial charge is 0.322 e. The standard InChI is InChI=1S/C15H18N4O/c1-9-5-4-6-13(11(9)3)18-15(20)12-7-10(2)17-14(8-12)19-16/h4-8H,16H2,1-3H3,(H,17,19)(H,18,20). The van der Waals surface area contributed by atoms with Gasteiger partial charge in [-0.2, -0.15) is 0 Å². The second-order valence-corrected chi connectivity index (χ2v) is 4.73. The predicted molar refractivity (Wildman–Crippen MR) is 80.7 cm³/mol. The van der Waals surface area contributed by atoms with Crippen LogP contribution in [0.1, 0.15) is 27.2 Å². The highest BCUT2D eigenvalue weighted by Gasteiger charge is 2.10. The lowest BCUT2D eigenvalue weighted by molar-refractivity contribution is 0.102. The first kappa shape index (κ1) is 14.0. The van der Waals surface area contributed by atoms with Gasteiger partial charge >= 0.3 is 0 Å². The van der Waals surface area contributed by atoms with Crippen LogP contribution in [0.5, 0.6) is 0 Å². The third-order valence-electron chi connectivity index (χ3n) is 3.22. The van der Waals surface area contributed by atoms with Crippen molar-refractivity contribution in [3.8, 4) is 0 Å². The van der Waals surface area contributed by atoms with Crippen LogP contribution in [0, 0.1) is 20.8 Å². The molecule has 1 aromatic carbocycles. The summed E-state index contributed by atoms with van der Waals surface area (Å²) in [6.07, 6.45) is 0. The summed E-state index contributed by atoms with van der Waals surface area (Å²) in [5.74, 6) is 5.63. The van der Waals surface area contributed by atoms with Gasteiger partial charge < -0.3 is 10.7 Å². The Morgan fingerprint density at radius 3 is 2.65 bits per heavy atom. The number of hydrogen-bond acceptors (Lipinski definition) is 4. The zero-order chi connectivity index (χ0) is 14.7. The van der Waals surface area contributed by atoms with E-state index in [0.29, 0.717) is 11.4 Å². The lowest BCUT2D eigenvalue weighted by atomic mass is 10.1. The topological polar surface area (TPSA) is 80.0 Å². The molecular weight excluding hydrogens is 252 g/mol. The molecule has 5 nitrogen and oxygen atoms in total. The van der Waals surface area contributed by atoms with Crippen LogP contribution in [0.4, 0.5) is 11.5 Å². The second kappa shape index (κ2) is 5.71. The van der Waals surface area contributed by atoms with Crippen LogP contribution in [0.2, 0.25) is 0 Å². The van der Waals surface area contributed by atoms with Gasteiger partial charge in [-0.25, -0.2) is 10.8 Å². The second-order valence-electron chi connectivity index (χ2n) is 4.73. The fourth-order valence-corrected chi connectivity index (χ4v) is 1.95. The molecule has 1 amide bonds. The van der Waals surface area contributed by atoms with Crippen LogP contribution in [0.3, 0.4) is 0 Å². The summed E-state index contributed by atoms with van der Waals surface area (Å²) in [7, 11) is 0. The Hall–Kier alpha value is -2.40. The molecule has 0 aliphatic rings. The number of nitrogens with two attached hydrogens (primary N) is 1. The minimum absolute atomic E-state index is 0.180. The molecule has 0 fully saturated rings. The number of benzene rings is 1. The van der Waals surface area contributed by atoms with Crippen LogP contribution in [-0.2, 0) is 0 Å². The molecule has 0 unspecified atom stereocenters. The Bertz CT molecular complexity index is 652. The molecule has 0 radical (unpaired) electrons. The summed E-state index contributed by atoms with van der Waals surface area (Å²) in [5, 5.41) is 2.91. The fraction of sp³-hybridized carbons (Fsp3) is 0.200. The first-order valence-corrected chi connectivity index (χ1v) is 6.34. The van der Waals surface area contributed by atoms with Gasteiger partial charge in [0.2, 0.25) is 0 Å². The SMILES string of the molecule is Cc1cc(C(=O)Nc2cccc(C)c2C)cc(NN)n1. The molecule has 2 aromatic rings. The number of pyridine rings is 1. The highest BCUT2D eigenvalue weighted by molar-refractivity contribution is 6.05. The molecule has 0 aliphatic heterocycles. The van der Waals surface area contributed by atoms with Gasteiger partial charge in [0.05, 0.1) is 0 Å². The van der Waals surface area contributed by atoms with E-state index in [9.17, 15) is 4.79 Å². The van der Waals surface area contributed by atoms with Gasteiger partial charge in [-0.15, -0.1) is 0 Å². The first-order chi connectivity index (χ1) is 9.51. The van der Waals surface area contributed by atoms with Crippen LogP contribution < -0.4 is 16.6 Å². The number of nitrogens with zero attached hydrogens (tertiary/aromatic N) is 1. The van der Waals surface area contributed by atoms with E-state index in [0.717, 1.165) is 22.5 Å². The average Bonchev–Trinajstić information content (AvgIpc) is 2.43. The smallest absolute Gasteiger partial charge is 0.255 e. The summed E-state index contributed by atoms with van der Waals surface area (Å²) in [6.45, 7) is 5.81. The van der Waals surface area contributed by atoms with E-state index in [1.54, 1.807) is 12.1 Å². The van der Waals surface area contributed by atoms with Crippen molar-refractivity contribution < 1.29 is 4.79 Å². The fourth-order valence-electron chi connectivity index (χ4n) is 1.95. The zero-order valence-corrected chi connectivity index (χ0v) is 11.8. The number of nitrogen functional groups attached to an aromatic ring is 1. The van der Waals surface area contributed by atoms with E-state index >= 15 is 0 Å². The highest BCUT2D eigenvalue weighted by atomic mass is 16.1.